The quantitative estimate of drug-likeness (QED) is 0.646. The summed E-state index contributed by atoms with van der Waals surface area (Å²) >= 11 is 0. The first-order chi connectivity index (χ1) is 9.47. The van der Waals surface area contributed by atoms with Gasteiger partial charge in [0, 0.05) is 11.8 Å². The average Bonchev–Trinajstić information content (AvgIpc) is 2.38. The molecule has 102 valence electrons. The summed E-state index contributed by atoms with van der Waals surface area (Å²) in [6, 6.07) is 6.69. The van der Waals surface area contributed by atoms with Crippen LogP contribution in [0.25, 0.3) is 0 Å². The minimum atomic E-state index is -0.773. The van der Waals surface area contributed by atoms with Crippen molar-refractivity contribution in [1.29, 1.82) is 0 Å². The predicted octanol–water partition coefficient (Wildman–Crippen LogP) is 2.35. The van der Waals surface area contributed by atoms with E-state index in [4.69, 9.17) is 0 Å². The van der Waals surface area contributed by atoms with Crippen molar-refractivity contribution in [2.75, 3.05) is 5.32 Å². The predicted molar refractivity (Wildman–Crippen MR) is 68.9 cm³/mol. The van der Waals surface area contributed by atoms with Gasteiger partial charge in [0.25, 0.3) is 5.69 Å². The molecule has 0 unspecified atom stereocenters. The summed E-state index contributed by atoms with van der Waals surface area (Å²) in [7, 11) is 0. The summed E-state index contributed by atoms with van der Waals surface area (Å²) in [5, 5.41) is 33.4. The van der Waals surface area contributed by atoms with Gasteiger partial charge >= 0.3 is 5.69 Å². The normalized spacial score (nSPS) is 10.0. The number of phenols is 1. The maximum Gasteiger partial charge on any atom is 0.318 e. The van der Waals surface area contributed by atoms with Crippen molar-refractivity contribution in [3.8, 4) is 5.75 Å². The molecule has 2 rings (SSSR count). The molecule has 0 bridgehead atoms. The molecule has 2 N–H and O–H groups in total. The van der Waals surface area contributed by atoms with E-state index in [1.807, 2.05) is 0 Å². The Morgan fingerprint density at radius 2 is 1.90 bits per heavy atom. The van der Waals surface area contributed by atoms with Crippen molar-refractivity contribution in [2.45, 2.75) is 0 Å². The first-order valence-corrected chi connectivity index (χ1v) is 5.32. The smallest absolute Gasteiger partial charge is 0.318 e. The summed E-state index contributed by atoms with van der Waals surface area (Å²) < 4.78 is 0. The maximum absolute atomic E-state index is 10.9. The lowest BCUT2D eigenvalue weighted by Gasteiger charge is -2.06. The lowest BCUT2D eigenvalue weighted by atomic mass is 10.3. The second kappa shape index (κ2) is 5.18. The molecule has 9 heteroatoms. The zero-order valence-corrected chi connectivity index (χ0v) is 9.89. The van der Waals surface area contributed by atoms with E-state index in [0.29, 0.717) is 5.69 Å². The molecule has 0 aliphatic rings. The number of pyridine rings is 1. The van der Waals surface area contributed by atoms with Gasteiger partial charge in [0.1, 0.15) is 11.9 Å². The van der Waals surface area contributed by atoms with Crippen LogP contribution in [0, 0.1) is 20.2 Å². The molecule has 0 aliphatic carbocycles. The number of nitrogens with one attached hydrogen (secondary N) is 1. The van der Waals surface area contributed by atoms with Crippen LogP contribution >= 0.6 is 0 Å². The van der Waals surface area contributed by atoms with Crippen molar-refractivity contribution in [2.24, 2.45) is 0 Å². The van der Waals surface area contributed by atoms with Gasteiger partial charge in [0.2, 0.25) is 5.82 Å². The Hall–Kier alpha value is -3.23. The van der Waals surface area contributed by atoms with Crippen LogP contribution in [0.5, 0.6) is 5.75 Å². The SMILES string of the molecule is O=[N+]([O-])c1cnc(Nc2cccc(O)c2)c([N+](=O)[O-])c1. The van der Waals surface area contributed by atoms with Gasteiger partial charge in [-0.1, -0.05) is 6.07 Å². The van der Waals surface area contributed by atoms with E-state index in [1.165, 1.54) is 18.2 Å². The van der Waals surface area contributed by atoms with Crippen LogP contribution in [0.3, 0.4) is 0 Å². The Labute approximate surface area is 111 Å². The van der Waals surface area contributed by atoms with Gasteiger partial charge < -0.3 is 10.4 Å². The molecule has 0 radical (unpaired) electrons. The topological polar surface area (TPSA) is 131 Å². The number of aromatic nitrogens is 1. The number of nitro groups is 2. The third-order valence-electron chi connectivity index (χ3n) is 2.37. The van der Waals surface area contributed by atoms with Crippen molar-refractivity contribution in [3.63, 3.8) is 0 Å². The molecule has 0 saturated heterocycles. The maximum atomic E-state index is 10.9. The van der Waals surface area contributed by atoms with Gasteiger partial charge in [-0.3, -0.25) is 20.2 Å². The molecule has 20 heavy (non-hydrogen) atoms. The van der Waals surface area contributed by atoms with Crippen LogP contribution in [-0.4, -0.2) is 19.9 Å². The highest BCUT2D eigenvalue weighted by Gasteiger charge is 2.21. The van der Waals surface area contributed by atoms with E-state index in [0.717, 1.165) is 12.3 Å². The van der Waals surface area contributed by atoms with Crippen molar-refractivity contribution < 1.29 is 15.0 Å². The zero-order valence-electron chi connectivity index (χ0n) is 9.89. The number of phenolic OH excluding ortho intramolecular Hbond substituents is 1. The van der Waals surface area contributed by atoms with E-state index >= 15 is 0 Å². The summed E-state index contributed by atoms with van der Waals surface area (Å²) in [4.78, 5) is 23.6. The first kappa shape index (κ1) is 13.2. The highest BCUT2D eigenvalue weighted by Crippen LogP contribution is 2.29. The van der Waals surface area contributed by atoms with Gasteiger partial charge in [0.05, 0.1) is 15.9 Å². The second-order valence-corrected chi connectivity index (χ2v) is 3.75. The molecule has 2 aromatic rings. The standard InChI is InChI=1S/C11H8N4O5/c16-9-3-1-2-7(4-9)13-11-10(15(19)20)5-8(6-12-11)14(17)18/h1-6,16H,(H,12,13). The number of hydrogen-bond donors (Lipinski definition) is 2. The molecule has 0 amide bonds. The summed E-state index contributed by atoms with van der Waals surface area (Å²) in [6.45, 7) is 0. The van der Waals surface area contributed by atoms with Crippen LogP contribution in [0.1, 0.15) is 0 Å². The molecule has 0 spiro atoms. The number of anilines is 2. The number of nitrogens with zero attached hydrogens (tertiary/aromatic N) is 3. The van der Waals surface area contributed by atoms with E-state index in [-0.39, 0.29) is 11.6 Å². The van der Waals surface area contributed by atoms with Gasteiger partial charge in [-0.25, -0.2) is 4.98 Å². The molecule has 0 saturated carbocycles. The van der Waals surface area contributed by atoms with Gasteiger partial charge in [-0.05, 0) is 12.1 Å². The monoisotopic (exact) mass is 276 g/mol. The molecular formula is C11H8N4O5. The minimum absolute atomic E-state index is 0.0282. The van der Waals surface area contributed by atoms with Gasteiger partial charge in [-0.2, -0.15) is 0 Å². The Kier molecular flexibility index (Phi) is 3.42. The van der Waals surface area contributed by atoms with Crippen LogP contribution < -0.4 is 5.32 Å². The van der Waals surface area contributed by atoms with Crippen molar-refractivity contribution in [1.82, 2.24) is 4.98 Å². The lowest BCUT2D eigenvalue weighted by molar-refractivity contribution is -0.394. The van der Waals surface area contributed by atoms with E-state index in [2.05, 4.69) is 10.3 Å². The fourth-order valence-corrected chi connectivity index (χ4v) is 1.50. The molecule has 0 aliphatic heterocycles. The number of aromatic hydroxyl groups is 1. The minimum Gasteiger partial charge on any atom is -0.508 e. The molecule has 0 fully saturated rings. The average molecular weight is 276 g/mol. The lowest BCUT2D eigenvalue weighted by Crippen LogP contribution is -2.01. The van der Waals surface area contributed by atoms with Crippen molar-refractivity contribution >= 4 is 22.9 Å². The molecule has 9 nitrogen and oxygen atoms in total. The third kappa shape index (κ3) is 2.77. The van der Waals surface area contributed by atoms with Gasteiger partial charge in [-0.15, -0.1) is 0 Å². The van der Waals surface area contributed by atoms with E-state index < -0.39 is 21.2 Å². The third-order valence-corrected chi connectivity index (χ3v) is 2.37. The fourth-order valence-electron chi connectivity index (χ4n) is 1.50. The first-order valence-electron chi connectivity index (χ1n) is 5.32. The largest absolute Gasteiger partial charge is 0.508 e. The Bertz CT molecular complexity index is 688. The molecule has 1 aromatic heterocycles. The van der Waals surface area contributed by atoms with Crippen LogP contribution in [0.4, 0.5) is 22.9 Å². The summed E-state index contributed by atoms with van der Waals surface area (Å²) in [5.74, 6) is -0.175. The molecule has 1 heterocycles. The van der Waals surface area contributed by atoms with E-state index in [1.54, 1.807) is 6.07 Å². The Morgan fingerprint density at radius 3 is 2.50 bits per heavy atom. The highest BCUT2D eigenvalue weighted by atomic mass is 16.6. The van der Waals surface area contributed by atoms with Crippen LogP contribution in [0.2, 0.25) is 0 Å². The Morgan fingerprint density at radius 1 is 1.15 bits per heavy atom. The second-order valence-electron chi connectivity index (χ2n) is 3.75. The molecular weight excluding hydrogens is 268 g/mol. The summed E-state index contributed by atoms with van der Waals surface area (Å²) in [5.41, 5.74) is -0.629. The number of hydrogen-bond acceptors (Lipinski definition) is 7. The Balaban J connectivity index is 2.41. The molecule has 1 aromatic carbocycles. The number of benzene rings is 1. The fraction of sp³-hybridized carbons (Fsp3) is 0. The van der Waals surface area contributed by atoms with Crippen LogP contribution in [-0.2, 0) is 0 Å². The molecule has 0 atom stereocenters. The van der Waals surface area contributed by atoms with Crippen LogP contribution in [0.15, 0.2) is 36.5 Å². The van der Waals surface area contributed by atoms with E-state index in [9.17, 15) is 25.3 Å². The van der Waals surface area contributed by atoms with Gasteiger partial charge in [0.15, 0.2) is 0 Å². The summed E-state index contributed by atoms with van der Waals surface area (Å²) in [6.07, 6.45) is 0.915. The van der Waals surface area contributed by atoms with Crippen molar-refractivity contribution in [3.05, 3.63) is 56.8 Å². The number of rotatable bonds is 4. The highest BCUT2D eigenvalue weighted by molar-refractivity contribution is 5.67. The zero-order chi connectivity index (χ0) is 14.7.